The lowest BCUT2D eigenvalue weighted by molar-refractivity contribution is 0.164. The third-order valence-corrected chi connectivity index (χ3v) is 3.84. The molecule has 0 saturated heterocycles. The molecule has 0 aromatic carbocycles. The largest absolute Gasteiger partial charge is 0.393 e. The van der Waals surface area contributed by atoms with E-state index in [9.17, 15) is 5.11 Å². The molecule has 98 valence electrons. The maximum atomic E-state index is 9.51. The van der Waals surface area contributed by atoms with Crippen molar-refractivity contribution in [3.8, 4) is 0 Å². The fourth-order valence-electron chi connectivity index (χ4n) is 1.71. The van der Waals surface area contributed by atoms with Crippen LogP contribution in [-0.4, -0.2) is 27.7 Å². The third kappa shape index (κ3) is 3.10. The zero-order chi connectivity index (χ0) is 13.1. The Kier molecular flexibility index (Phi) is 4.37. The van der Waals surface area contributed by atoms with E-state index in [4.69, 9.17) is 11.6 Å². The van der Waals surface area contributed by atoms with Gasteiger partial charge in [-0.1, -0.05) is 6.92 Å². The van der Waals surface area contributed by atoms with E-state index in [1.807, 2.05) is 13.8 Å². The minimum atomic E-state index is -0.269. The van der Waals surface area contributed by atoms with Crippen LogP contribution < -0.4 is 5.32 Å². The van der Waals surface area contributed by atoms with E-state index in [1.165, 1.54) is 4.88 Å². The highest BCUT2D eigenvalue weighted by atomic mass is 35.5. The average Bonchev–Trinajstić information content (AvgIpc) is 2.69. The van der Waals surface area contributed by atoms with Gasteiger partial charge in [0.15, 0.2) is 0 Å². The first-order valence-electron chi connectivity index (χ1n) is 5.95. The number of aliphatic hydroxyl groups excluding tert-OH is 1. The van der Waals surface area contributed by atoms with Gasteiger partial charge in [-0.05, 0) is 37.4 Å². The molecule has 2 rings (SSSR count). The number of hydrogen-bond acceptors (Lipinski definition) is 5. The second-order valence-corrected chi connectivity index (χ2v) is 5.77. The van der Waals surface area contributed by atoms with Crippen LogP contribution in [0.25, 0.3) is 10.2 Å². The number of fused-ring (bicyclic) bond motifs is 1. The van der Waals surface area contributed by atoms with E-state index in [-0.39, 0.29) is 11.4 Å². The predicted molar refractivity (Wildman–Crippen MR) is 76.6 cm³/mol. The molecule has 0 bridgehead atoms. The number of halogens is 1. The Labute approximate surface area is 115 Å². The summed E-state index contributed by atoms with van der Waals surface area (Å²) in [6.45, 7) is 4.67. The van der Waals surface area contributed by atoms with E-state index in [0.717, 1.165) is 22.5 Å². The van der Waals surface area contributed by atoms with E-state index < -0.39 is 0 Å². The van der Waals surface area contributed by atoms with Crippen molar-refractivity contribution in [3.05, 3.63) is 16.2 Å². The molecule has 2 heterocycles. The molecule has 0 saturated carbocycles. The van der Waals surface area contributed by atoms with Crippen molar-refractivity contribution < 1.29 is 5.11 Å². The minimum Gasteiger partial charge on any atom is -0.393 e. The van der Waals surface area contributed by atoms with Gasteiger partial charge >= 0.3 is 0 Å². The van der Waals surface area contributed by atoms with Crippen molar-refractivity contribution in [1.29, 1.82) is 0 Å². The van der Waals surface area contributed by atoms with E-state index >= 15 is 0 Å². The molecule has 0 amide bonds. The average molecular weight is 286 g/mol. The minimum absolute atomic E-state index is 0.253. The van der Waals surface area contributed by atoms with Crippen LogP contribution in [0.5, 0.6) is 0 Å². The molecule has 1 atom stereocenters. The van der Waals surface area contributed by atoms with Crippen molar-refractivity contribution >= 4 is 39.0 Å². The SMILES string of the molecule is CCC(O)CCNc1nc(Cl)nc2sc(C)cc12. The van der Waals surface area contributed by atoms with Crippen LogP contribution in [0.3, 0.4) is 0 Å². The first-order valence-corrected chi connectivity index (χ1v) is 7.15. The van der Waals surface area contributed by atoms with Crippen molar-refractivity contribution in [2.24, 2.45) is 0 Å². The second kappa shape index (κ2) is 5.82. The van der Waals surface area contributed by atoms with Gasteiger partial charge in [-0.2, -0.15) is 0 Å². The summed E-state index contributed by atoms with van der Waals surface area (Å²) in [7, 11) is 0. The Bertz CT molecular complexity index is 543. The van der Waals surface area contributed by atoms with Gasteiger partial charge in [0.05, 0.1) is 11.5 Å². The Morgan fingerprint density at radius 1 is 1.50 bits per heavy atom. The Hall–Kier alpha value is -0.910. The number of nitrogens with zero attached hydrogens (tertiary/aromatic N) is 2. The first kappa shape index (κ1) is 13.5. The monoisotopic (exact) mass is 285 g/mol. The molecule has 1 unspecified atom stereocenters. The van der Waals surface area contributed by atoms with Crippen LogP contribution in [-0.2, 0) is 0 Å². The van der Waals surface area contributed by atoms with Gasteiger partial charge in [-0.3, -0.25) is 0 Å². The number of anilines is 1. The second-order valence-electron chi connectivity index (χ2n) is 4.19. The molecular weight excluding hydrogens is 270 g/mol. The summed E-state index contributed by atoms with van der Waals surface area (Å²) in [5.41, 5.74) is 0. The highest BCUT2D eigenvalue weighted by Gasteiger charge is 2.09. The fourth-order valence-corrected chi connectivity index (χ4v) is 2.81. The number of thiophene rings is 1. The van der Waals surface area contributed by atoms with Gasteiger partial charge < -0.3 is 10.4 Å². The smallest absolute Gasteiger partial charge is 0.225 e. The molecule has 2 N–H and O–H groups in total. The molecule has 4 nitrogen and oxygen atoms in total. The normalized spacial score (nSPS) is 12.9. The van der Waals surface area contributed by atoms with Gasteiger partial charge in [0.1, 0.15) is 10.6 Å². The standard InChI is InChI=1S/C12H16ClN3OS/c1-3-8(17)4-5-14-10-9-6-7(2)18-11(9)16-12(13)15-10/h6,8,17H,3-5H2,1-2H3,(H,14,15,16). The molecule has 2 aromatic rings. The van der Waals surface area contributed by atoms with Crippen LogP contribution in [0.1, 0.15) is 24.6 Å². The summed E-state index contributed by atoms with van der Waals surface area (Å²) in [5, 5.41) is 14.0. The highest BCUT2D eigenvalue weighted by molar-refractivity contribution is 7.18. The molecule has 0 radical (unpaired) electrons. The van der Waals surface area contributed by atoms with Crippen molar-refractivity contribution in [3.63, 3.8) is 0 Å². The number of rotatable bonds is 5. The van der Waals surface area contributed by atoms with Gasteiger partial charge in [0, 0.05) is 11.4 Å². The summed E-state index contributed by atoms with van der Waals surface area (Å²) in [4.78, 5) is 10.5. The quantitative estimate of drug-likeness (QED) is 0.828. The summed E-state index contributed by atoms with van der Waals surface area (Å²) >= 11 is 7.50. The lowest BCUT2D eigenvalue weighted by Gasteiger charge is -2.09. The zero-order valence-electron chi connectivity index (χ0n) is 10.4. The molecule has 0 aliphatic heterocycles. The maximum absolute atomic E-state index is 9.51. The molecule has 18 heavy (non-hydrogen) atoms. The number of aromatic nitrogens is 2. The van der Waals surface area contributed by atoms with Gasteiger partial charge in [0.2, 0.25) is 5.28 Å². The lowest BCUT2D eigenvalue weighted by Crippen LogP contribution is -2.13. The molecule has 2 aromatic heterocycles. The van der Waals surface area contributed by atoms with E-state index in [2.05, 4.69) is 21.4 Å². The van der Waals surface area contributed by atoms with Crippen molar-refractivity contribution in [2.75, 3.05) is 11.9 Å². The van der Waals surface area contributed by atoms with Gasteiger partial charge in [-0.15, -0.1) is 11.3 Å². The third-order valence-electron chi connectivity index (χ3n) is 2.73. The predicted octanol–water partition coefficient (Wildman–Crippen LogP) is 3.23. The Balaban J connectivity index is 2.16. The number of nitrogens with one attached hydrogen (secondary N) is 1. The van der Waals surface area contributed by atoms with Gasteiger partial charge in [-0.25, -0.2) is 9.97 Å². The molecule has 0 aliphatic rings. The highest BCUT2D eigenvalue weighted by Crippen LogP contribution is 2.29. The summed E-state index contributed by atoms with van der Waals surface area (Å²) in [5.74, 6) is 0.748. The van der Waals surface area contributed by atoms with Gasteiger partial charge in [0.25, 0.3) is 0 Å². The maximum Gasteiger partial charge on any atom is 0.225 e. The van der Waals surface area contributed by atoms with E-state index in [1.54, 1.807) is 11.3 Å². The first-order chi connectivity index (χ1) is 8.60. The van der Waals surface area contributed by atoms with Crippen LogP contribution in [0, 0.1) is 6.92 Å². The summed E-state index contributed by atoms with van der Waals surface area (Å²) in [6.07, 6.45) is 1.19. The molecule has 0 fully saturated rings. The fraction of sp³-hybridized carbons (Fsp3) is 0.500. The number of hydrogen-bond donors (Lipinski definition) is 2. The number of aryl methyl sites for hydroxylation is 1. The van der Waals surface area contributed by atoms with Crippen molar-refractivity contribution in [1.82, 2.24) is 9.97 Å². The van der Waals surface area contributed by atoms with Crippen LogP contribution in [0.4, 0.5) is 5.82 Å². The molecule has 0 aliphatic carbocycles. The topological polar surface area (TPSA) is 58.0 Å². The van der Waals surface area contributed by atoms with Crippen LogP contribution in [0.2, 0.25) is 5.28 Å². The molecular formula is C12H16ClN3OS. The Morgan fingerprint density at radius 2 is 2.28 bits per heavy atom. The van der Waals surface area contributed by atoms with Crippen LogP contribution in [0.15, 0.2) is 6.07 Å². The molecule has 0 spiro atoms. The van der Waals surface area contributed by atoms with E-state index in [0.29, 0.717) is 13.0 Å². The van der Waals surface area contributed by atoms with Crippen LogP contribution >= 0.6 is 22.9 Å². The number of aliphatic hydroxyl groups is 1. The lowest BCUT2D eigenvalue weighted by atomic mass is 10.2. The molecule has 6 heteroatoms. The Morgan fingerprint density at radius 3 is 3.00 bits per heavy atom. The van der Waals surface area contributed by atoms with Crippen molar-refractivity contribution in [2.45, 2.75) is 32.8 Å². The summed E-state index contributed by atoms with van der Waals surface area (Å²) in [6, 6.07) is 2.05. The summed E-state index contributed by atoms with van der Waals surface area (Å²) < 4.78 is 0. The zero-order valence-corrected chi connectivity index (χ0v) is 12.0.